The molecule has 1 aromatic carbocycles. The Balaban J connectivity index is 3.31. The normalized spacial score (nSPS) is 11.8. The van der Waals surface area contributed by atoms with Crippen LogP contribution in [0.4, 0.5) is 0 Å². The van der Waals surface area contributed by atoms with Crippen LogP contribution in [0.3, 0.4) is 0 Å². The molecule has 0 radical (unpaired) electrons. The van der Waals surface area contributed by atoms with Crippen LogP contribution in [0.1, 0.15) is 11.1 Å². The van der Waals surface area contributed by atoms with Gasteiger partial charge in [0.25, 0.3) is 0 Å². The molecule has 1 rings (SSSR count). The van der Waals surface area contributed by atoms with Crippen molar-refractivity contribution < 1.29 is 0 Å². The van der Waals surface area contributed by atoms with Crippen LogP contribution >= 0.6 is 11.6 Å². The molecule has 0 saturated heterocycles. The highest BCUT2D eigenvalue weighted by atomic mass is 35.5. The maximum atomic E-state index is 5.94. The first-order valence-electron chi connectivity index (χ1n) is 3.64. The largest absolute Gasteiger partial charge is 0.383 e. The monoisotopic (exact) mass is 182 g/mol. The van der Waals surface area contributed by atoms with Crippen molar-refractivity contribution in [2.75, 3.05) is 7.05 Å². The number of halogens is 1. The molecule has 12 heavy (non-hydrogen) atoms. The van der Waals surface area contributed by atoms with Crippen LogP contribution in [-0.4, -0.2) is 12.9 Å². The van der Waals surface area contributed by atoms with Crippen molar-refractivity contribution in [3.63, 3.8) is 0 Å². The van der Waals surface area contributed by atoms with E-state index in [1.165, 1.54) is 0 Å². The fourth-order valence-electron chi connectivity index (χ4n) is 1.07. The molecule has 3 heteroatoms. The van der Waals surface area contributed by atoms with Crippen LogP contribution < -0.4 is 5.73 Å². The fourth-order valence-corrected chi connectivity index (χ4v) is 1.39. The van der Waals surface area contributed by atoms with Crippen molar-refractivity contribution in [1.29, 1.82) is 0 Å². The summed E-state index contributed by atoms with van der Waals surface area (Å²) in [6, 6.07) is 5.66. The van der Waals surface area contributed by atoms with Crippen LogP contribution in [-0.2, 0) is 0 Å². The van der Waals surface area contributed by atoms with Crippen molar-refractivity contribution in [2.24, 2.45) is 10.7 Å². The van der Waals surface area contributed by atoms with Gasteiger partial charge >= 0.3 is 0 Å². The molecule has 0 heterocycles. The smallest absolute Gasteiger partial charge is 0.127 e. The van der Waals surface area contributed by atoms with Gasteiger partial charge in [0.1, 0.15) is 5.84 Å². The molecule has 0 spiro atoms. The van der Waals surface area contributed by atoms with Gasteiger partial charge in [-0.25, -0.2) is 0 Å². The van der Waals surface area contributed by atoms with Crippen molar-refractivity contribution >= 4 is 17.4 Å². The second kappa shape index (κ2) is 3.59. The van der Waals surface area contributed by atoms with Crippen LogP contribution in [0, 0.1) is 6.92 Å². The number of nitrogens with zero attached hydrogens (tertiary/aromatic N) is 1. The number of amidine groups is 1. The third-order valence-electron chi connectivity index (χ3n) is 1.72. The summed E-state index contributed by atoms with van der Waals surface area (Å²) in [6.07, 6.45) is 0. The molecule has 0 aromatic heterocycles. The first kappa shape index (κ1) is 9.07. The highest BCUT2D eigenvalue weighted by molar-refractivity contribution is 6.34. The van der Waals surface area contributed by atoms with E-state index < -0.39 is 0 Å². The molecule has 0 amide bonds. The molecule has 1 aromatic rings. The Hall–Kier alpha value is -1.02. The van der Waals surface area contributed by atoms with E-state index in [1.54, 1.807) is 7.05 Å². The van der Waals surface area contributed by atoms with Gasteiger partial charge in [-0.2, -0.15) is 0 Å². The summed E-state index contributed by atoms with van der Waals surface area (Å²) in [4.78, 5) is 3.89. The molecule has 2 nitrogen and oxygen atoms in total. The Morgan fingerprint density at radius 1 is 1.50 bits per heavy atom. The lowest BCUT2D eigenvalue weighted by Gasteiger charge is -2.05. The van der Waals surface area contributed by atoms with Crippen LogP contribution in [0.2, 0.25) is 5.02 Å². The maximum Gasteiger partial charge on any atom is 0.127 e. The second-order valence-electron chi connectivity index (χ2n) is 2.54. The zero-order chi connectivity index (χ0) is 9.14. The van der Waals surface area contributed by atoms with Gasteiger partial charge in [0.05, 0.1) is 5.02 Å². The lowest BCUT2D eigenvalue weighted by Crippen LogP contribution is -2.15. The molecular weight excluding hydrogens is 172 g/mol. The highest BCUT2D eigenvalue weighted by Gasteiger charge is 2.05. The number of aliphatic imine (C=N–C) groups is 1. The van der Waals surface area contributed by atoms with Gasteiger partial charge in [0.15, 0.2) is 0 Å². The number of hydrogen-bond donors (Lipinski definition) is 1. The Morgan fingerprint density at radius 3 is 2.67 bits per heavy atom. The molecule has 0 aliphatic rings. The van der Waals surface area contributed by atoms with Gasteiger partial charge in [-0.05, 0) is 18.6 Å². The second-order valence-corrected chi connectivity index (χ2v) is 2.95. The molecule has 0 unspecified atom stereocenters. The first-order chi connectivity index (χ1) is 5.66. The molecule has 0 aliphatic heterocycles. The average Bonchev–Trinajstić information content (AvgIpc) is 2.03. The molecule has 0 atom stereocenters. The van der Waals surface area contributed by atoms with E-state index in [2.05, 4.69) is 4.99 Å². The van der Waals surface area contributed by atoms with Gasteiger partial charge in [-0.3, -0.25) is 4.99 Å². The fraction of sp³-hybridized carbons (Fsp3) is 0.222. The lowest BCUT2D eigenvalue weighted by atomic mass is 10.1. The Morgan fingerprint density at radius 2 is 2.17 bits per heavy atom. The quantitative estimate of drug-likeness (QED) is 0.524. The Kier molecular flexibility index (Phi) is 2.71. The molecular formula is C9H11ClN2. The molecule has 0 aliphatic carbocycles. The first-order valence-corrected chi connectivity index (χ1v) is 4.02. The van der Waals surface area contributed by atoms with E-state index in [4.69, 9.17) is 17.3 Å². The van der Waals surface area contributed by atoms with Gasteiger partial charge in [-0.15, -0.1) is 0 Å². The minimum atomic E-state index is 0.484. The summed E-state index contributed by atoms with van der Waals surface area (Å²) in [6.45, 7) is 1.96. The summed E-state index contributed by atoms with van der Waals surface area (Å²) in [7, 11) is 1.65. The summed E-state index contributed by atoms with van der Waals surface area (Å²) < 4.78 is 0. The van der Waals surface area contributed by atoms with Gasteiger partial charge in [0.2, 0.25) is 0 Å². The third kappa shape index (κ3) is 1.59. The van der Waals surface area contributed by atoms with E-state index in [0.717, 1.165) is 11.1 Å². The van der Waals surface area contributed by atoms with E-state index in [9.17, 15) is 0 Å². The van der Waals surface area contributed by atoms with Gasteiger partial charge < -0.3 is 5.73 Å². The summed E-state index contributed by atoms with van der Waals surface area (Å²) in [5.74, 6) is 0.484. The van der Waals surface area contributed by atoms with E-state index in [1.807, 2.05) is 25.1 Å². The lowest BCUT2D eigenvalue weighted by molar-refractivity contribution is 1.35. The standard InChI is InChI=1S/C9H11ClN2/c1-6-4-3-5-7(10)8(6)9(11)12-2/h3-5H,1-2H3,(H2,11,12). The van der Waals surface area contributed by atoms with Crippen molar-refractivity contribution in [1.82, 2.24) is 0 Å². The molecule has 0 bridgehead atoms. The predicted molar refractivity (Wildman–Crippen MR) is 52.8 cm³/mol. The van der Waals surface area contributed by atoms with Crippen molar-refractivity contribution in [3.05, 3.63) is 34.3 Å². The van der Waals surface area contributed by atoms with Crippen LogP contribution in [0.25, 0.3) is 0 Å². The summed E-state index contributed by atoms with van der Waals surface area (Å²) >= 11 is 5.94. The Labute approximate surface area is 77.1 Å². The third-order valence-corrected chi connectivity index (χ3v) is 2.03. The molecule has 64 valence electrons. The maximum absolute atomic E-state index is 5.94. The minimum absolute atomic E-state index is 0.484. The highest BCUT2D eigenvalue weighted by Crippen LogP contribution is 2.18. The molecule has 0 saturated carbocycles. The number of nitrogens with two attached hydrogens (primary N) is 1. The van der Waals surface area contributed by atoms with E-state index in [-0.39, 0.29) is 0 Å². The SMILES string of the molecule is CN=C(N)c1c(C)cccc1Cl. The van der Waals surface area contributed by atoms with E-state index >= 15 is 0 Å². The zero-order valence-corrected chi connectivity index (χ0v) is 7.89. The van der Waals surface area contributed by atoms with Crippen LogP contribution in [0.5, 0.6) is 0 Å². The average molecular weight is 183 g/mol. The number of hydrogen-bond acceptors (Lipinski definition) is 1. The zero-order valence-electron chi connectivity index (χ0n) is 7.13. The summed E-state index contributed by atoms with van der Waals surface area (Å²) in [5.41, 5.74) is 7.54. The molecule has 2 N–H and O–H groups in total. The summed E-state index contributed by atoms with van der Waals surface area (Å²) in [5, 5.41) is 0.651. The topological polar surface area (TPSA) is 38.4 Å². The number of benzene rings is 1. The van der Waals surface area contributed by atoms with Gasteiger partial charge in [0, 0.05) is 12.6 Å². The van der Waals surface area contributed by atoms with Crippen molar-refractivity contribution in [2.45, 2.75) is 6.92 Å². The molecule has 0 fully saturated rings. The van der Waals surface area contributed by atoms with Crippen LogP contribution in [0.15, 0.2) is 23.2 Å². The predicted octanol–water partition coefficient (Wildman–Crippen LogP) is 1.98. The number of rotatable bonds is 1. The minimum Gasteiger partial charge on any atom is -0.383 e. The van der Waals surface area contributed by atoms with Crippen molar-refractivity contribution in [3.8, 4) is 0 Å². The number of aryl methyl sites for hydroxylation is 1. The van der Waals surface area contributed by atoms with E-state index in [0.29, 0.717) is 10.9 Å². The van der Waals surface area contributed by atoms with Gasteiger partial charge in [-0.1, -0.05) is 23.7 Å². The Bertz CT molecular complexity index is 298.